The molecule has 0 bridgehead atoms. The number of benzene rings is 10. The van der Waals surface area contributed by atoms with Gasteiger partial charge in [-0.2, -0.15) is 0 Å². The van der Waals surface area contributed by atoms with E-state index in [1.165, 1.54) is 129 Å². The van der Waals surface area contributed by atoms with Crippen molar-refractivity contribution in [1.82, 2.24) is 36.0 Å². The molecule has 10 aromatic rings. The van der Waals surface area contributed by atoms with Gasteiger partial charge >= 0.3 is 12.0 Å². The number of anilines is 3. The number of nitrogens with zero attached hydrogens (tertiary/aromatic N) is 3. The Hall–Kier alpha value is -12.2. The van der Waals surface area contributed by atoms with Gasteiger partial charge in [0.25, 0.3) is 0 Å². The van der Waals surface area contributed by atoms with Crippen LogP contribution in [0.3, 0.4) is 0 Å². The van der Waals surface area contributed by atoms with E-state index in [4.69, 9.17) is 26.8 Å². The number of carboxylic acids is 1. The van der Waals surface area contributed by atoms with Crippen molar-refractivity contribution in [2.24, 2.45) is 11.5 Å². The molecule has 0 aliphatic carbocycles. The lowest BCUT2D eigenvalue weighted by molar-refractivity contribution is -0.145. The first-order chi connectivity index (χ1) is 69.0. The Morgan fingerprint density at radius 2 is 0.683 bits per heavy atom. The summed E-state index contributed by atoms with van der Waals surface area (Å²) in [5.74, 6) is 3.97. The molecule has 22 heteroatoms. The number of hydrogen-bond acceptors (Lipinski definition) is 15. The minimum absolute atomic E-state index is 0.00417. The van der Waals surface area contributed by atoms with Crippen LogP contribution >= 0.6 is 0 Å². The molecule has 6 amide bonds. The van der Waals surface area contributed by atoms with Crippen molar-refractivity contribution < 1.29 is 48.9 Å². The van der Waals surface area contributed by atoms with Crippen molar-refractivity contribution in [3.8, 4) is 0 Å². The van der Waals surface area contributed by atoms with Gasteiger partial charge in [-0.15, -0.1) is 0 Å². The lowest BCUT2D eigenvalue weighted by atomic mass is 9.93. The smallest absolute Gasteiger partial charge is 0.323 e. The lowest BCUT2D eigenvalue weighted by Crippen LogP contribution is -2.41. The molecule has 7 aliphatic heterocycles. The van der Waals surface area contributed by atoms with E-state index in [-0.39, 0.29) is 49.8 Å². The number of aliphatic hydroxyl groups excluding tert-OH is 2. The van der Waals surface area contributed by atoms with Gasteiger partial charge in [-0.25, -0.2) is 4.79 Å². The van der Waals surface area contributed by atoms with Gasteiger partial charge in [0.15, 0.2) is 5.78 Å². The van der Waals surface area contributed by atoms with Crippen LogP contribution < -0.4 is 48.7 Å². The molecule has 782 valence electrons. The molecule has 0 spiro atoms. The molecule has 14 N–H and O–H groups in total. The van der Waals surface area contributed by atoms with Crippen molar-refractivity contribution >= 4 is 58.5 Å². The monoisotopic (exact) mass is 1980 g/mol. The van der Waals surface area contributed by atoms with Crippen molar-refractivity contribution in [2.45, 2.75) is 302 Å². The van der Waals surface area contributed by atoms with Crippen LogP contribution in [0.4, 0.5) is 21.9 Å². The number of aliphatic hydroxyl groups is 2. The van der Waals surface area contributed by atoms with Crippen LogP contribution in [0.2, 0.25) is 0 Å². The molecule has 0 saturated heterocycles. The molecule has 145 heavy (non-hydrogen) atoms. The fourth-order valence-corrected chi connectivity index (χ4v) is 17.7. The van der Waals surface area contributed by atoms with E-state index in [0.29, 0.717) is 111 Å². The van der Waals surface area contributed by atoms with Gasteiger partial charge in [-0.3, -0.25) is 34.1 Å². The molecule has 0 saturated carbocycles. The molecule has 7 aliphatic rings. The number of primary amides is 2. The van der Waals surface area contributed by atoms with Crippen molar-refractivity contribution in [1.29, 1.82) is 0 Å². The maximum atomic E-state index is 11.9. The zero-order chi connectivity index (χ0) is 106. The Labute approximate surface area is 866 Å². The fraction of sp³-hybridized carbons (Fsp3) is 0.455. The minimum Gasteiger partial charge on any atom is -0.480 e. The zero-order valence-electron chi connectivity index (χ0n) is 90.9. The molecular formula is C123H170N12O10. The molecule has 0 aromatic heterocycles. The summed E-state index contributed by atoms with van der Waals surface area (Å²) in [4.78, 5) is 83.4. The van der Waals surface area contributed by atoms with E-state index in [1.54, 1.807) is 16.0 Å². The summed E-state index contributed by atoms with van der Waals surface area (Å²) >= 11 is 0. The predicted molar refractivity (Wildman–Crippen MR) is 596 cm³/mol. The number of Topliss-reactive ketones (excluding diaryl/α,β-unsaturated/α-hetero) is 1. The number of ketones is 1. The minimum atomic E-state index is -0.967. The predicted octanol–water partition coefficient (Wildman–Crippen LogP) is 22.1. The van der Waals surface area contributed by atoms with E-state index in [0.717, 1.165) is 104 Å². The number of aliphatic carboxylic acids is 1. The highest BCUT2D eigenvalue weighted by atomic mass is 16.4. The topological polar surface area (TPSA) is 326 Å². The average Bonchev–Trinajstić information content (AvgIpc) is 0.812. The second-order valence-electron chi connectivity index (χ2n) is 41.9. The van der Waals surface area contributed by atoms with Gasteiger partial charge < -0.3 is 73.4 Å². The lowest BCUT2D eigenvalue weighted by Gasteiger charge is -2.28. The van der Waals surface area contributed by atoms with Gasteiger partial charge in [-0.05, 0) is 281 Å². The van der Waals surface area contributed by atoms with Gasteiger partial charge in [0.05, 0.1) is 39.1 Å². The molecule has 0 unspecified atom stereocenters. The summed E-state index contributed by atoms with van der Waals surface area (Å²) in [6.45, 7) is 58.6. The van der Waals surface area contributed by atoms with E-state index in [2.05, 4.69) is 334 Å². The highest BCUT2D eigenvalue weighted by Crippen LogP contribution is 2.32. The molecule has 10 aromatic carbocycles. The second-order valence-corrected chi connectivity index (χ2v) is 41.9. The van der Waals surface area contributed by atoms with Crippen LogP contribution in [0, 0.1) is 6.92 Å². The Bertz CT molecular complexity index is 5490. The number of nitrogens with two attached hydrogens (primary N) is 2. The maximum absolute atomic E-state index is 11.9. The van der Waals surface area contributed by atoms with Crippen LogP contribution in [0.15, 0.2) is 194 Å². The zero-order valence-corrected chi connectivity index (χ0v) is 90.9. The van der Waals surface area contributed by atoms with Gasteiger partial charge in [0.1, 0.15) is 13.2 Å². The van der Waals surface area contributed by atoms with Crippen molar-refractivity contribution in [2.75, 3.05) is 81.6 Å². The number of β-amino-alcohol motifs (C(OH)–C–C–N with tert-alkyl or cyclic N) is 1. The molecule has 7 heterocycles. The molecule has 17 rings (SSSR count). The summed E-state index contributed by atoms with van der Waals surface area (Å²) in [6.07, 6.45) is 5.05. The summed E-state index contributed by atoms with van der Waals surface area (Å²) in [7, 11) is 0. The first-order valence-corrected chi connectivity index (χ1v) is 52.6. The third kappa shape index (κ3) is 38.6. The Balaban J connectivity index is 0.000000197. The number of carbonyl (C=O) groups is 7. The Morgan fingerprint density at radius 1 is 0.359 bits per heavy atom. The van der Waals surface area contributed by atoms with Crippen molar-refractivity contribution in [3.63, 3.8) is 0 Å². The number of urea groups is 1. The first-order valence-electron chi connectivity index (χ1n) is 52.6. The highest BCUT2D eigenvalue weighted by molar-refractivity contribution is 5.88. The number of aryl methyl sites for hydroxylation is 1. The normalized spacial score (nSPS) is 14.0. The summed E-state index contributed by atoms with van der Waals surface area (Å²) in [5.41, 5.74) is 46.0. The van der Waals surface area contributed by atoms with Crippen LogP contribution in [0.5, 0.6) is 0 Å². The van der Waals surface area contributed by atoms with Crippen LogP contribution in [-0.4, -0.2) is 137 Å². The molecule has 22 nitrogen and oxygen atoms in total. The number of rotatable bonds is 22. The van der Waals surface area contributed by atoms with Crippen LogP contribution in [0.25, 0.3) is 0 Å². The number of fused-ring (bicyclic) bond motifs is 7. The number of hydrogen-bond donors (Lipinski definition) is 12. The van der Waals surface area contributed by atoms with E-state index >= 15 is 0 Å². The number of nitrogens with one attached hydrogen (secondary N) is 7. The summed E-state index contributed by atoms with van der Waals surface area (Å²) in [6, 6.07) is 68.1. The maximum Gasteiger partial charge on any atom is 0.323 e. The third-order valence-electron chi connectivity index (χ3n) is 27.2. The van der Waals surface area contributed by atoms with Crippen LogP contribution in [-0.2, 0) is 120 Å². The van der Waals surface area contributed by atoms with Gasteiger partial charge in [0, 0.05) is 82.4 Å². The summed E-state index contributed by atoms with van der Waals surface area (Å²) < 4.78 is 0. The molecular weight excluding hydrogens is 1810 g/mol. The third-order valence-corrected chi connectivity index (χ3v) is 27.2. The molecule has 0 radical (unpaired) electrons. The standard InChI is InChI=1S/C14H18N2O2.C14H17NO3.C14H19NO2.C13H18O2.3C12H17N.C11H16N2.C11H17N.C10H14N2O/c1-9(2)10-3-4-11-7-16(8-13(15)17)14(18)6-12(11)5-10;1-9(2)10-3-4-11-7-15(8-14(17)18)13(16)6-12(11)5-10;1-10(2)11-3-4-12-9-15(5-6-16)14(17)8-13(12)7-11;1-9(2)11-5-4-10(3)12(6-11)7-13(15)8-14;2*1-9(2)10-3-4-12-8-13-6-5-11(12)7-10;1-9(2)11-4-3-10-5-6-13-8-12(10)7-11;1-8(2)9-3-4-11-10(5-9)6-12-7-13-11;1-4-12-11-7-5-10(6-8-11)9(2)3;1-7(2)8-3-5-9(6-4-8)12-10(11)13/h3-5,9H,6-8H2,1-2H3,(H2,15,17);3-5,9H,6-8H2,1-2H3,(H,17,18);3-4,7,10,16H,5-6,8-9H2,1-2H3;4-6,9,14H,7-8H2,1-3H3;3*3-4,7,9,13H,5-6,8H2,1-2H3;3-5,8,12-13H,6-7H2,1-2H3;5-9,12H,4H2,1-3H3;3-7H,1-2H3,(H3,11,12,13). The first kappa shape index (κ1) is 118. The fourth-order valence-electron chi connectivity index (χ4n) is 17.7. The SMILES string of the molecule is CC(C)c1ccc(NC(N)=O)cc1.CC(C)c1ccc2c(c1)CC(=O)N(CC(=O)O)C2.CC(C)c1ccc2c(c1)CC(=O)N(CC(N)=O)C2.CC(C)c1ccc2c(c1)CC(=O)N(CCO)C2.CC(C)c1ccc2c(c1)CCNC2.CC(C)c1ccc2c(c1)CCNC2.CC(C)c1ccc2c(c1)CNCC2.CC(C)c1ccc2c(c1)CNCN2.CCNc1ccc(C(C)C)cc1.Cc1ccc(C(C)C)cc1CC(=O)CO. The van der Waals surface area contributed by atoms with Gasteiger partial charge in [-0.1, -0.05) is 302 Å². The van der Waals surface area contributed by atoms with E-state index in [1.807, 2.05) is 49.4 Å². The Morgan fingerprint density at radius 3 is 1.07 bits per heavy atom. The second kappa shape index (κ2) is 59.5. The number of carbonyl (C=O) groups excluding carboxylic acids is 6. The number of amides is 6. The Kier molecular flexibility index (Phi) is 48.4. The quantitative estimate of drug-likeness (QED) is 0.0300. The highest BCUT2D eigenvalue weighted by Gasteiger charge is 2.28. The summed E-state index contributed by atoms with van der Waals surface area (Å²) in [5, 5.41) is 49.0. The van der Waals surface area contributed by atoms with Gasteiger partial charge in [0.2, 0.25) is 23.6 Å². The van der Waals surface area contributed by atoms with E-state index < -0.39 is 17.9 Å². The average molecular weight is 1980 g/mol. The van der Waals surface area contributed by atoms with Crippen LogP contribution in [0.1, 0.15) is 344 Å². The number of carboxylic acid groups (broad SMARTS) is 1. The van der Waals surface area contributed by atoms with E-state index in [9.17, 15) is 33.6 Å². The van der Waals surface area contributed by atoms with Crippen molar-refractivity contribution in [3.05, 3.63) is 333 Å². The largest absolute Gasteiger partial charge is 0.480 e. The molecule has 0 atom stereocenters. The molecule has 0 fully saturated rings.